The maximum atomic E-state index is 13.7. The van der Waals surface area contributed by atoms with E-state index in [2.05, 4.69) is 15.3 Å². The second-order valence-corrected chi connectivity index (χ2v) is 4.49. The normalized spacial score (nSPS) is 14.7. The Morgan fingerprint density at radius 2 is 1.95 bits per heavy atom. The molecule has 0 saturated carbocycles. The summed E-state index contributed by atoms with van der Waals surface area (Å²) in [6.45, 7) is 0.540. The van der Waals surface area contributed by atoms with E-state index >= 15 is 0 Å². The summed E-state index contributed by atoms with van der Waals surface area (Å²) in [6, 6.07) is 1.91. The van der Waals surface area contributed by atoms with E-state index in [1.165, 1.54) is 0 Å². The zero-order valence-electron chi connectivity index (χ0n) is 10.3. The summed E-state index contributed by atoms with van der Waals surface area (Å²) in [5.41, 5.74) is 0.533. The minimum absolute atomic E-state index is 0.0171. The predicted octanol–water partition coefficient (Wildman–Crippen LogP) is 2.17. The number of amides is 1. The van der Waals surface area contributed by atoms with Crippen molar-refractivity contribution in [2.24, 2.45) is 0 Å². The molecule has 0 bridgehead atoms. The number of aryl methyl sites for hydroxylation is 1. The monoisotopic (exact) mass is 281 g/mol. The van der Waals surface area contributed by atoms with Crippen LogP contribution in [0.25, 0.3) is 11.4 Å². The van der Waals surface area contributed by atoms with Gasteiger partial charge in [-0.15, -0.1) is 0 Å². The first-order chi connectivity index (χ1) is 9.58. The number of benzene rings is 1. The molecule has 2 N–H and O–H groups in total. The lowest BCUT2D eigenvalue weighted by atomic mass is 10.2. The summed E-state index contributed by atoms with van der Waals surface area (Å²) in [6.07, 6.45) is 1.30. The number of aromatic nitrogens is 2. The van der Waals surface area contributed by atoms with E-state index in [9.17, 15) is 18.0 Å². The second kappa shape index (κ2) is 4.66. The number of fused-ring (bicyclic) bond motifs is 1. The lowest BCUT2D eigenvalue weighted by Gasteiger charge is -2.02. The number of rotatable bonds is 1. The minimum atomic E-state index is -1.56. The van der Waals surface area contributed by atoms with Gasteiger partial charge in [0, 0.05) is 12.2 Å². The van der Waals surface area contributed by atoms with Gasteiger partial charge in [0.25, 0.3) is 5.91 Å². The number of carbonyl (C=O) groups is 1. The van der Waals surface area contributed by atoms with Gasteiger partial charge < -0.3 is 10.3 Å². The van der Waals surface area contributed by atoms with Crippen molar-refractivity contribution in [2.75, 3.05) is 6.54 Å². The lowest BCUT2D eigenvalue weighted by Crippen LogP contribution is -2.23. The third-order valence-corrected chi connectivity index (χ3v) is 3.17. The third kappa shape index (κ3) is 1.95. The van der Waals surface area contributed by atoms with E-state index in [1.54, 1.807) is 0 Å². The molecule has 1 aromatic heterocycles. The number of nitrogens with zero attached hydrogens (tertiary/aromatic N) is 1. The fourth-order valence-corrected chi connectivity index (χ4v) is 2.17. The Morgan fingerprint density at radius 3 is 2.75 bits per heavy atom. The van der Waals surface area contributed by atoms with Gasteiger partial charge >= 0.3 is 0 Å². The summed E-state index contributed by atoms with van der Waals surface area (Å²) in [4.78, 5) is 18.5. The van der Waals surface area contributed by atoms with Gasteiger partial charge in [-0.1, -0.05) is 0 Å². The van der Waals surface area contributed by atoms with E-state index in [0.717, 1.165) is 18.6 Å². The summed E-state index contributed by atoms with van der Waals surface area (Å²) < 4.78 is 39.9. The zero-order valence-corrected chi connectivity index (χ0v) is 10.3. The van der Waals surface area contributed by atoms with E-state index in [4.69, 9.17) is 0 Å². The molecule has 0 radical (unpaired) electrons. The van der Waals surface area contributed by atoms with Crippen molar-refractivity contribution in [3.05, 3.63) is 41.0 Å². The van der Waals surface area contributed by atoms with Crippen LogP contribution in [0.15, 0.2) is 12.1 Å². The summed E-state index contributed by atoms with van der Waals surface area (Å²) in [5, 5.41) is 2.65. The SMILES string of the molecule is O=C1NCCCc2[nH]c(-c3ccc(F)c(F)c3F)nc21. The average molecular weight is 281 g/mol. The van der Waals surface area contributed by atoms with Gasteiger partial charge in [-0.2, -0.15) is 0 Å². The molecule has 0 fully saturated rings. The van der Waals surface area contributed by atoms with Crippen LogP contribution in [-0.4, -0.2) is 22.4 Å². The number of hydrogen-bond acceptors (Lipinski definition) is 2. The second-order valence-electron chi connectivity index (χ2n) is 4.49. The molecule has 104 valence electrons. The van der Waals surface area contributed by atoms with Gasteiger partial charge in [-0.3, -0.25) is 4.79 Å². The first kappa shape index (κ1) is 12.7. The van der Waals surface area contributed by atoms with Crippen molar-refractivity contribution < 1.29 is 18.0 Å². The molecule has 0 aliphatic carbocycles. The quantitative estimate of drug-likeness (QED) is 0.787. The summed E-state index contributed by atoms with van der Waals surface area (Å²) in [7, 11) is 0. The molecular weight excluding hydrogens is 271 g/mol. The molecule has 1 aliphatic heterocycles. The van der Waals surface area contributed by atoms with Crippen LogP contribution in [0.1, 0.15) is 22.6 Å². The third-order valence-electron chi connectivity index (χ3n) is 3.17. The number of carbonyl (C=O) groups excluding carboxylic acids is 1. The average Bonchev–Trinajstić information content (AvgIpc) is 2.77. The molecular formula is C13H10F3N3O. The number of hydrogen-bond donors (Lipinski definition) is 2. The predicted molar refractivity (Wildman–Crippen MR) is 64.6 cm³/mol. The van der Waals surface area contributed by atoms with Crippen LogP contribution < -0.4 is 5.32 Å². The Kier molecular flexibility index (Phi) is 2.96. The van der Waals surface area contributed by atoms with Gasteiger partial charge in [0.05, 0.1) is 5.56 Å². The van der Waals surface area contributed by atoms with Crippen LogP contribution >= 0.6 is 0 Å². The fraction of sp³-hybridized carbons (Fsp3) is 0.231. The minimum Gasteiger partial charge on any atom is -0.351 e. The van der Waals surface area contributed by atoms with Crippen molar-refractivity contribution in [2.45, 2.75) is 12.8 Å². The van der Waals surface area contributed by atoms with Gasteiger partial charge in [0.1, 0.15) is 11.5 Å². The van der Waals surface area contributed by atoms with E-state index in [0.29, 0.717) is 18.7 Å². The number of aromatic amines is 1. The fourth-order valence-electron chi connectivity index (χ4n) is 2.17. The standard InChI is InChI=1S/C13H10F3N3O/c14-7-4-3-6(9(15)10(7)16)12-18-8-2-1-5-17-13(20)11(8)19-12/h3-4H,1-2,5H2,(H,17,20)(H,18,19). The zero-order chi connectivity index (χ0) is 14.3. The van der Waals surface area contributed by atoms with Crippen LogP contribution in [0.3, 0.4) is 0 Å². The first-order valence-corrected chi connectivity index (χ1v) is 6.09. The van der Waals surface area contributed by atoms with E-state index in [1.807, 2.05) is 0 Å². The summed E-state index contributed by atoms with van der Waals surface area (Å²) >= 11 is 0. The molecule has 7 heteroatoms. The number of halogens is 3. The highest BCUT2D eigenvalue weighted by Crippen LogP contribution is 2.25. The van der Waals surface area contributed by atoms with Crippen LogP contribution in [0.5, 0.6) is 0 Å². The van der Waals surface area contributed by atoms with E-state index < -0.39 is 17.5 Å². The highest BCUT2D eigenvalue weighted by molar-refractivity contribution is 5.94. The molecule has 0 atom stereocenters. The Morgan fingerprint density at radius 1 is 1.15 bits per heavy atom. The molecule has 3 rings (SSSR count). The number of imidazole rings is 1. The molecule has 2 heterocycles. The van der Waals surface area contributed by atoms with Crippen LogP contribution in [0.2, 0.25) is 0 Å². The van der Waals surface area contributed by atoms with Crippen LogP contribution in [0.4, 0.5) is 13.2 Å². The largest absolute Gasteiger partial charge is 0.351 e. The van der Waals surface area contributed by atoms with Crippen molar-refractivity contribution in [3.8, 4) is 11.4 Å². The molecule has 1 amide bonds. The number of H-pyrrole nitrogens is 1. The van der Waals surface area contributed by atoms with Crippen molar-refractivity contribution in [1.29, 1.82) is 0 Å². The summed E-state index contributed by atoms with van der Waals surface area (Å²) in [5.74, 6) is -4.49. The maximum Gasteiger partial charge on any atom is 0.271 e. The molecule has 0 unspecified atom stereocenters. The van der Waals surface area contributed by atoms with Gasteiger partial charge in [-0.05, 0) is 25.0 Å². The van der Waals surface area contributed by atoms with Gasteiger partial charge in [0.15, 0.2) is 17.5 Å². The van der Waals surface area contributed by atoms with Crippen LogP contribution in [-0.2, 0) is 6.42 Å². The maximum absolute atomic E-state index is 13.7. The van der Waals surface area contributed by atoms with E-state index in [-0.39, 0.29) is 23.0 Å². The molecule has 0 saturated heterocycles. The Labute approximate surface area is 112 Å². The molecule has 1 aromatic carbocycles. The topological polar surface area (TPSA) is 57.8 Å². The Bertz CT molecular complexity index is 696. The van der Waals surface area contributed by atoms with Crippen molar-refractivity contribution >= 4 is 5.91 Å². The number of nitrogens with one attached hydrogen (secondary N) is 2. The molecule has 1 aliphatic rings. The Balaban J connectivity index is 2.11. The Hall–Kier alpha value is -2.31. The smallest absolute Gasteiger partial charge is 0.271 e. The van der Waals surface area contributed by atoms with Gasteiger partial charge in [0.2, 0.25) is 0 Å². The van der Waals surface area contributed by atoms with Crippen molar-refractivity contribution in [1.82, 2.24) is 15.3 Å². The van der Waals surface area contributed by atoms with Gasteiger partial charge in [-0.25, -0.2) is 18.2 Å². The van der Waals surface area contributed by atoms with Crippen LogP contribution in [0, 0.1) is 17.5 Å². The molecule has 2 aromatic rings. The lowest BCUT2D eigenvalue weighted by molar-refractivity contribution is 0.0951. The highest BCUT2D eigenvalue weighted by atomic mass is 19.2. The first-order valence-electron chi connectivity index (χ1n) is 6.09. The molecule has 20 heavy (non-hydrogen) atoms. The van der Waals surface area contributed by atoms with Crippen molar-refractivity contribution in [3.63, 3.8) is 0 Å². The highest BCUT2D eigenvalue weighted by Gasteiger charge is 2.23. The molecule has 4 nitrogen and oxygen atoms in total. The molecule has 0 spiro atoms.